The van der Waals surface area contributed by atoms with Crippen LogP contribution in [-0.4, -0.2) is 20.2 Å². The summed E-state index contributed by atoms with van der Waals surface area (Å²) >= 11 is 0. The van der Waals surface area contributed by atoms with Gasteiger partial charge in [0.2, 0.25) is 0 Å². The van der Waals surface area contributed by atoms with E-state index in [-0.39, 0.29) is 16.7 Å². The molecule has 5 heteroatoms. The molecule has 0 saturated carbocycles. The average Bonchev–Trinajstić information content (AvgIpc) is 2.54. The molecule has 0 bridgehead atoms. The summed E-state index contributed by atoms with van der Waals surface area (Å²) in [5.41, 5.74) is 2.18. The number of ketones is 1. The Morgan fingerprint density at radius 1 is 1.13 bits per heavy atom. The number of rotatable bonds is 3. The number of fused-ring (bicyclic) bond motifs is 1. The van der Waals surface area contributed by atoms with Crippen molar-refractivity contribution in [2.75, 3.05) is 4.31 Å². The minimum Gasteiger partial charge on any atom is -0.295 e. The highest BCUT2D eigenvalue weighted by Gasteiger charge is 2.33. The van der Waals surface area contributed by atoms with Crippen LogP contribution in [-0.2, 0) is 16.4 Å². The summed E-state index contributed by atoms with van der Waals surface area (Å²) in [5.74, 6) is -0.144. The van der Waals surface area contributed by atoms with Crippen molar-refractivity contribution in [3.8, 4) is 0 Å². The van der Waals surface area contributed by atoms with Crippen LogP contribution < -0.4 is 4.31 Å². The van der Waals surface area contributed by atoms with Gasteiger partial charge in [-0.15, -0.1) is 0 Å². The zero-order chi connectivity index (χ0) is 16.6. The SMILES string of the molecule is CC(=O)c1cccc(S(=O)(=O)N2c3ccccc3CC[C@@H]2C)c1. The van der Waals surface area contributed by atoms with Crippen molar-refractivity contribution in [2.45, 2.75) is 37.6 Å². The lowest BCUT2D eigenvalue weighted by Crippen LogP contribution is -2.42. The molecule has 120 valence electrons. The third-order valence-corrected chi connectivity index (χ3v) is 6.18. The number of anilines is 1. The monoisotopic (exact) mass is 329 g/mol. The van der Waals surface area contributed by atoms with Crippen molar-refractivity contribution < 1.29 is 13.2 Å². The van der Waals surface area contributed by atoms with Crippen LogP contribution in [0, 0.1) is 0 Å². The summed E-state index contributed by atoms with van der Waals surface area (Å²) in [6.45, 7) is 3.35. The number of sulfonamides is 1. The number of hydrogen-bond acceptors (Lipinski definition) is 3. The summed E-state index contributed by atoms with van der Waals surface area (Å²) < 4.78 is 27.8. The maximum Gasteiger partial charge on any atom is 0.264 e. The highest BCUT2D eigenvalue weighted by molar-refractivity contribution is 7.92. The molecule has 0 unspecified atom stereocenters. The van der Waals surface area contributed by atoms with Gasteiger partial charge >= 0.3 is 0 Å². The maximum absolute atomic E-state index is 13.1. The molecule has 23 heavy (non-hydrogen) atoms. The Bertz CT molecular complexity index is 858. The van der Waals surface area contributed by atoms with Crippen molar-refractivity contribution in [2.24, 2.45) is 0 Å². The number of aryl methyl sites for hydroxylation is 1. The number of para-hydroxylation sites is 1. The molecule has 1 aliphatic heterocycles. The smallest absolute Gasteiger partial charge is 0.264 e. The molecule has 0 amide bonds. The number of nitrogens with zero attached hydrogens (tertiary/aromatic N) is 1. The molecule has 1 atom stereocenters. The molecular weight excluding hydrogens is 310 g/mol. The number of benzene rings is 2. The molecule has 0 N–H and O–H groups in total. The quantitative estimate of drug-likeness (QED) is 0.811. The Kier molecular flexibility index (Phi) is 3.98. The normalized spacial score (nSPS) is 17.7. The molecule has 1 heterocycles. The van der Waals surface area contributed by atoms with Crippen LogP contribution in [0.25, 0.3) is 0 Å². The van der Waals surface area contributed by atoms with Crippen LogP contribution in [0.5, 0.6) is 0 Å². The molecule has 0 aromatic heterocycles. The first kappa shape index (κ1) is 15.7. The van der Waals surface area contributed by atoms with Gasteiger partial charge in [0.05, 0.1) is 10.6 Å². The predicted molar refractivity (Wildman–Crippen MR) is 90.3 cm³/mol. The lowest BCUT2D eigenvalue weighted by Gasteiger charge is -2.36. The van der Waals surface area contributed by atoms with Gasteiger partial charge in [-0.1, -0.05) is 30.3 Å². The summed E-state index contributed by atoms with van der Waals surface area (Å²) in [6, 6.07) is 13.7. The molecule has 4 nitrogen and oxygen atoms in total. The first-order valence-corrected chi connectivity index (χ1v) is 9.08. The van der Waals surface area contributed by atoms with Gasteiger partial charge in [0.25, 0.3) is 10.0 Å². The van der Waals surface area contributed by atoms with Crippen LogP contribution in [0.15, 0.2) is 53.4 Å². The lowest BCUT2D eigenvalue weighted by molar-refractivity contribution is 0.101. The second kappa shape index (κ2) is 5.81. The van der Waals surface area contributed by atoms with Crippen LogP contribution in [0.1, 0.15) is 36.2 Å². The fourth-order valence-corrected chi connectivity index (χ4v) is 4.78. The van der Waals surface area contributed by atoms with Crippen molar-refractivity contribution in [3.63, 3.8) is 0 Å². The minimum absolute atomic E-state index is 0.115. The average molecular weight is 329 g/mol. The summed E-state index contributed by atoms with van der Waals surface area (Å²) in [4.78, 5) is 11.7. The second-order valence-corrected chi connectivity index (χ2v) is 7.72. The van der Waals surface area contributed by atoms with E-state index in [9.17, 15) is 13.2 Å². The molecular formula is C18H19NO3S. The first-order chi connectivity index (χ1) is 10.9. The Labute approximate surface area is 136 Å². The number of Topliss-reactive ketones (excluding diaryl/α,β-unsaturated/α-hetero) is 1. The van der Waals surface area contributed by atoms with Crippen molar-refractivity contribution in [3.05, 3.63) is 59.7 Å². The third kappa shape index (κ3) is 2.77. The summed E-state index contributed by atoms with van der Waals surface area (Å²) in [7, 11) is -3.70. The molecule has 2 aromatic rings. The van der Waals surface area contributed by atoms with E-state index in [1.165, 1.54) is 17.3 Å². The zero-order valence-corrected chi connectivity index (χ0v) is 14.0. The standard InChI is InChI=1S/C18H19NO3S/c1-13-10-11-15-6-3-4-9-18(15)19(13)23(21,22)17-8-5-7-16(12-17)14(2)20/h3-9,12-13H,10-11H2,1-2H3/t13-/m0/s1. The van der Waals surface area contributed by atoms with Gasteiger partial charge in [-0.25, -0.2) is 8.42 Å². The van der Waals surface area contributed by atoms with Gasteiger partial charge in [0, 0.05) is 11.6 Å². The van der Waals surface area contributed by atoms with Gasteiger partial charge in [-0.05, 0) is 50.5 Å². The predicted octanol–water partition coefficient (Wildman–Crippen LogP) is 3.42. The van der Waals surface area contributed by atoms with Crippen molar-refractivity contribution >= 4 is 21.5 Å². The lowest BCUT2D eigenvalue weighted by atomic mass is 9.99. The van der Waals surface area contributed by atoms with Gasteiger partial charge in [0.15, 0.2) is 5.78 Å². The van der Waals surface area contributed by atoms with Crippen LogP contribution >= 0.6 is 0 Å². The fourth-order valence-electron chi connectivity index (χ4n) is 3.01. The van der Waals surface area contributed by atoms with Gasteiger partial charge in [0.1, 0.15) is 0 Å². The molecule has 3 rings (SSSR count). The van der Waals surface area contributed by atoms with E-state index in [0.717, 1.165) is 24.1 Å². The van der Waals surface area contributed by atoms with E-state index < -0.39 is 10.0 Å². The third-order valence-electron chi connectivity index (χ3n) is 4.26. The van der Waals surface area contributed by atoms with E-state index >= 15 is 0 Å². The minimum atomic E-state index is -3.70. The Morgan fingerprint density at radius 3 is 2.61 bits per heavy atom. The van der Waals surface area contributed by atoms with Gasteiger partial charge in [-0.2, -0.15) is 0 Å². The van der Waals surface area contributed by atoms with Crippen molar-refractivity contribution in [1.29, 1.82) is 0 Å². The molecule has 0 fully saturated rings. The molecule has 0 radical (unpaired) electrons. The van der Waals surface area contributed by atoms with Gasteiger partial charge < -0.3 is 0 Å². The highest BCUT2D eigenvalue weighted by atomic mass is 32.2. The first-order valence-electron chi connectivity index (χ1n) is 7.64. The Hall–Kier alpha value is -2.14. The van der Waals surface area contributed by atoms with Crippen LogP contribution in [0.3, 0.4) is 0 Å². The highest BCUT2D eigenvalue weighted by Crippen LogP contribution is 2.35. The number of carbonyl (C=O) groups excluding carboxylic acids is 1. The van der Waals surface area contributed by atoms with E-state index in [1.54, 1.807) is 18.2 Å². The van der Waals surface area contributed by atoms with E-state index in [2.05, 4.69) is 0 Å². The molecule has 0 aliphatic carbocycles. The zero-order valence-electron chi connectivity index (χ0n) is 13.2. The van der Waals surface area contributed by atoms with Crippen LogP contribution in [0.2, 0.25) is 0 Å². The second-order valence-electron chi connectivity index (χ2n) is 5.90. The van der Waals surface area contributed by atoms with Gasteiger partial charge in [-0.3, -0.25) is 9.10 Å². The van der Waals surface area contributed by atoms with E-state index in [1.807, 2.05) is 31.2 Å². The molecule has 0 spiro atoms. The maximum atomic E-state index is 13.1. The van der Waals surface area contributed by atoms with E-state index in [0.29, 0.717) is 5.56 Å². The molecule has 0 saturated heterocycles. The molecule has 2 aromatic carbocycles. The summed E-state index contributed by atoms with van der Waals surface area (Å²) in [5, 5.41) is 0. The Morgan fingerprint density at radius 2 is 1.87 bits per heavy atom. The van der Waals surface area contributed by atoms with Crippen molar-refractivity contribution in [1.82, 2.24) is 0 Å². The number of carbonyl (C=O) groups is 1. The van der Waals surface area contributed by atoms with E-state index in [4.69, 9.17) is 0 Å². The topological polar surface area (TPSA) is 54.5 Å². The number of hydrogen-bond donors (Lipinski definition) is 0. The summed E-state index contributed by atoms with van der Waals surface area (Å²) in [6.07, 6.45) is 1.65. The Balaban J connectivity index is 2.13. The fraction of sp³-hybridized carbons (Fsp3) is 0.278. The molecule has 1 aliphatic rings. The largest absolute Gasteiger partial charge is 0.295 e. The van der Waals surface area contributed by atoms with Crippen LogP contribution in [0.4, 0.5) is 5.69 Å².